The maximum atomic E-state index is 13.6. The van der Waals surface area contributed by atoms with Crippen LogP contribution in [0, 0.1) is 11.6 Å². The van der Waals surface area contributed by atoms with Crippen molar-refractivity contribution in [2.45, 2.75) is 36.1 Å². The Hall–Kier alpha value is -1.96. The van der Waals surface area contributed by atoms with Gasteiger partial charge in [-0.05, 0) is 31.9 Å². The Balaban J connectivity index is 1.68. The highest BCUT2D eigenvalue weighted by Gasteiger charge is 2.30. The number of halogens is 2. The van der Waals surface area contributed by atoms with E-state index >= 15 is 0 Å². The smallest absolute Gasteiger partial charge is 0.237 e. The third-order valence-electron chi connectivity index (χ3n) is 3.67. The average Bonchev–Trinajstić information content (AvgIpc) is 3.29. The molecule has 1 atom stereocenters. The fourth-order valence-corrected chi connectivity index (χ4v) is 3.00. The molecule has 23 heavy (non-hydrogen) atoms. The first-order chi connectivity index (χ1) is 11.0. The van der Waals surface area contributed by atoms with Gasteiger partial charge < -0.3 is 9.88 Å². The predicted octanol–water partition coefficient (Wildman–Crippen LogP) is 3.09. The van der Waals surface area contributed by atoms with Crippen LogP contribution in [0.3, 0.4) is 0 Å². The summed E-state index contributed by atoms with van der Waals surface area (Å²) in [7, 11) is 1.86. The van der Waals surface area contributed by atoms with Crippen molar-refractivity contribution in [1.82, 2.24) is 14.8 Å². The van der Waals surface area contributed by atoms with Crippen LogP contribution < -0.4 is 5.32 Å². The van der Waals surface area contributed by atoms with Crippen molar-refractivity contribution in [1.29, 1.82) is 0 Å². The van der Waals surface area contributed by atoms with Crippen LogP contribution in [0.5, 0.6) is 0 Å². The summed E-state index contributed by atoms with van der Waals surface area (Å²) in [6.07, 6.45) is 2.22. The fourth-order valence-electron chi connectivity index (χ4n) is 2.18. The second-order valence-electron chi connectivity index (χ2n) is 5.52. The molecule has 2 aromatic rings. The molecule has 1 N–H and O–H groups in total. The van der Waals surface area contributed by atoms with E-state index in [2.05, 4.69) is 15.5 Å². The van der Waals surface area contributed by atoms with Crippen LogP contribution in [0.2, 0.25) is 0 Å². The van der Waals surface area contributed by atoms with Crippen molar-refractivity contribution in [2.24, 2.45) is 7.05 Å². The highest BCUT2D eigenvalue weighted by Crippen LogP contribution is 2.39. The van der Waals surface area contributed by atoms with Crippen molar-refractivity contribution in [3.8, 4) is 0 Å². The largest absolute Gasteiger partial charge is 0.320 e. The number of amides is 1. The number of carbonyl (C=O) groups excluding carboxylic acids is 1. The molecule has 8 heteroatoms. The lowest BCUT2D eigenvalue weighted by Gasteiger charge is -2.12. The van der Waals surface area contributed by atoms with E-state index in [0.717, 1.165) is 30.8 Å². The van der Waals surface area contributed by atoms with Gasteiger partial charge in [-0.1, -0.05) is 17.8 Å². The van der Waals surface area contributed by atoms with Crippen LogP contribution in [-0.2, 0) is 11.8 Å². The summed E-state index contributed by atoms with van der Waals surface area (Å²) in [5.74, 6) is -0.718. The number of carbonyl (C=O) groups is 1. The summed E-state index contributed by atoms with van der Waals surface area (Å²) in [6.45, 7) is 1.66. The summed E-state index contributed by atoms with van der Waals surface area (Å²) in [6, 6.07) is 3.44. The van der Waals surface area contributed by atoms with Gasteiger partial charge in [-0.15, -0.1) is 10.2 Å². The van der Waals surface area contributed by atoms with Crippen LogP contribution in [0.1, 0.15) is 31.5 Å². The molecule has 0 saturated heterocycles. The standard InChI is InChI=1S/C15H16F2N4OS/c1-8(14(22)18-12-10(16)4-3-5-11(12)17)23-15-20-19-13(21(15)2)9-6-7-9/h3-5,8-9H,6-7H2,1-2H3,(H,18,22)/t8-/m0/s1. The first kappa shape index (κ1) is 15.9. The second-order valence-corrected chi connectivity index (χ2v) is 6.83. The molecule has 0 spiro atoms. The third kappa shape index (κ3) is 3.36. The Morgan fingerprint density at radius 1 is 1.35 bits per heavy atom. The topological polar surface area (TPSA) is 59.8 Å². The third-order valence-corrected chi connectivity index (χ3v) is 4.81. The zero-order valence-corrected chi connectivity index (χ0v) is 13.5. The van der Waals surface area contributed by atoms with Gasteiger partial charge in [-0.2, -0.15) is 0 Å². The number of rotatable bonds is 5. The van der Waals surface area contributed by atoms with Gasteiger partial charge in [0.2, 0.25) is 5.91 Å². The minimum atomic E-state index is -0.801. The summed E-state index contributed by atoms with van der Waals surface area (Å²) in [5.41, 5.74) is -0.429. The summed E-state index contributed by atoms with van der Waals surface area (Å²) >= 11 is 1.21. The van der Waals surface area contributed by atoms with E-state index in [0.29, 0.717) is 11.1 Å². The van der Waals surface area contributed by atoms with E-state index < -0.39 is 28.5 Å². The molecule has 0 radical (unpaired) electrons. The Morgan fingerprint density at radius 3 is 2.61 bits per heavy atom. The normalized spacial score (nSPS) is 15.5. The first-order valence-electron chi connectivity index (χ1n) is 7.28. The maximum Gasteiger partial charge on any atom is 0.237 e. The molecular formula is C15H16F2N4OS. The van der Waals surface area contributed by atoms with Gasteiger partial charge >= 0.3 is 0 Å². The van der Waals surface area contributed by atoms with Crippen molar-refractivity contribution >= 4 is 23.4 Å². The van der Waals surface area contributed by atoms with Gasteiger partial charge in [0.15, 0.2) is 5.16 Å². The Labute approximate surface area is 136 Å². The van der Waals surface area contributed by atoms with E-state index in [-0.39, 0.29) is 0 Å². The molecule has 3 rings (SSSR count). The highest BCUT2D eigenvalue weighted by molar-refractivity contribution is 8.00. The van der Waals surface area contributed by atoms with Gasteiger partial charge in [0.25, 0.3) is 0 Å². The number of hydrogen-bond donors (Lipinski definition) is 1. The summed E-state index contributed by atoms with van der Waals surface area (Å²) < 4.78 is 29.0. The van der Waals surface area contributed by atoms with Crippen LogP contribution in [-0.4, -0.2) is 25.9 Å². The molecular weight excluding hydrogens is 322 g/mol. The fraction of sp³-hybridized carbons (Fsp3) is 0.400. The van der Waals surface area contributed by atoms with Crippen LogP contribution in [0.25, 0.3) is 0 Å². The number of hydrogen-bond acceptors (Lipinski definition) is 4. The zero-order valence-electron chi connectivity index (χ0n) is 12.7. The van der Waals surface area contributed by atoms with Crippen LogP contribution in [0.15, 0.2) is 23.4 Å². The number of nitrogens with one attached hydrogen (secondary N) is 1. The zero-order chi connectivity index (χ0) is 16.6. The second kappa shape index (κ2) is 6.27. The number of para-hydroxylation sites is 1. The lowest BCUT2D eigenvalue weighted by atomic mass is 10.3. The SMILES string of the molecule is C[C@H](Sc1nnc(C2CC2)n1C)C(=O)Nc1c(F)cccc1F. The number of benzene rings is 1. The van der Waals surface area contributed by atoms with Gasteiger partial charge in [0.1, 0.15) is 23.1 Å². The Bertz CT molecular complexity index is 725. The molecule has 122 valence electrons. The molecule has 1 fully saturated rings. The first-order valence-corrected chi connectivity index (χ1v) is 8.16. The maximum absolute atomic E-state index is 13.6. The lowest BCUT2D eigenvalue weighted by Crippen LogP contribution is -2.24. The minimum Gasteiger partial charge on any atom is -0.320 e. The highest BCUT2D eigenvalue weighted by atomic mass is 32.2. The van der Waals surface area contributed by atoms with E-state index in [1.165, 1.54) is 17.8 Å². The number of nitrogens with zero attached hydrogens (tertiary/aromatic N) is 3. The van der Waals surface area contributed by atoms with Crippen molar-refractivity contribution < 1.29 is 13.6 Å². The average molecular weight is 338 g/mol. The molecule has 5 nitrogen and oxygen atoms in total. The van der Waals surface area contributed by atoms with Gasteiger partial charge in [0.05, 0.1) is 5.25 Å². The molecule has 0 unspecified atom stereocenters. The molecule has 1 aromatic heterocycles. The number of aromatic nitrogens is 3. The molecule has 1 saturated carbocycles. The van der Waals surface area contributed by atoms with Crippen LogP contribution >= 0.6 is 11.8 Å². The quantitative estimate of drug-likeness (QED) is 0.851. The molecule has 0 aliphatic heterocycles. The molecule has 1 aromatic carbocycles. The van der Waals surface area contributed by atoms with E-state index in [9.17, 15) is 13.6 Å². The van der Waals surface area contributed by atoms with E-state index in [1.807, 2.05) is 11.6 Å². The van der Waals surface area contributed by atoms with Crippen molar-refractivity contribution in [3.63, 3.8) is 0 Å². The molecule has 1 heterocycles. The van der Waals surface area contributed by atoms with Crippen molar-refractivity contribution in [2.75, 3.05) is 5.32 Å². The summed E-state index contributed by atoms with van der Waals surface area (Å²) in [5, 5.41) is 10.6. The molecule has 1 aliphatic carbocycles. The van der Waals surface area contributed by atoms with Gasteiger partial charge in [-0.3, -0.25) is 4.79 Å². The van der Waals surface area contributed by atoms with Crippen LogP contribution in [0.4, 0.5) is 14.5 Å². The minimum absolute atomic E-state index is 0.429. The van der Waals surface area contributed by atoms with Crippen molar-refractivity contribution in [3.05, 3.63) is 35.7 Å². The van der Waals surface area contributed by atoms with Gasteiger partial charge in [0, 0.05) is 13.0 Å². The van der Waals surface area contributed by atoms with E-state index in [4.69, 9.17) is 0 Å². The Morgan fingerprint density at radius 2 is 2.00 bits per heavy atom. The monoisotopic (exact) mass is 338 g/mol. The Kier molecular flexibility index (Phi) is 4.34. The number of anilines is 1. The molecule has 1 amide bonds. The van der Waals surface area contributed by atoms with Gasteiger partial charge in [-0.25, -0.2) is 8.78 Å². The molecule has 0 bridgehead atoms. The number of thioether (sulfide) groups is 1. The summed E-state index contributed by atoms with van der Waals surface area (Å²) in [4.78, 5) is 12.2. The van der Waals surface area contributed by atoms with E-state index in [1.54, 1.807) is 6.92 Å². The predicted molar refractivity (Wildman–Crippen MR) is 83.3 cm³/mol. The lowest BCUT2D eigenvalue weighted by molar-refractivity contribution is -0.115. The molecule has 1 aliphatic rings.